The summed E-state index contributed by atoms with van der Waals surface area (Å²) in [5, 5.41) is 10.3. The maximum absolute atomic E-state index is 12.4. The van der Waals surface area contributed by atoms with Crippen LogP contribution in [0.3, 0.4) is 0 Å². The smallest absolute Gasteiger partial charge is 0.358 e. The molecule has 4 nitrogen and oxygen atoms in total. The van der Waals surface area contributed by atoms with Crippen molar-refractivity contribution in [2.45, 2.75) is 11.8 Å². The number of aromatic nitrogens is 1. The van der Waals surface area contributed by atoms with Crippen molar-refractivity contribution in [2.75, 3.05) is 0 Å². The van der Waals surface area contributed by atoms with Crippen molar-refractivity contribution in [3.63, 3.8) is 0 Å². The van der Waals surface area contributed by atoms with Crippen molar-refractivity contribution < 1.29 is 13.7 Å². The lowest BCUT2D eigenvalue weighted by Crippen LogP contribution is -2.00. The average Bonchev–Trinajstić information content (AvgIpc) is 2.17. The molecule has 0 unspecified atom stereocenters. The third kappa shape index (κ3) is 2.60. The number of nitro groups is 1. The van der Waals surface area contributed by atoms with Gasteiger partial charge in [-0.25, -0.2) is 8.78 Å². The van der Waals surface area contributed by atoms with Crippen LogP contribution in [0.1, 0.15) is 17.7 Å². The fourth-order valence-electron chi connectivity index (χ4n) is 0.924. The third-order valence-corrected chi connectivity index (χ3v) is 2.62. The van der Waals surface area contributed by atoms with Crippen LogP contribution in [-0.4, -0.2) is 9.91 Å². The highest BCUT2D eigenvalue weighted by atomic mass is 79.9. The first kappa shape index (κ1) is 12.3. The van der Waals surface area contributed by atoms with Crippen LogP contribution in [0.2, 0.25) is 5.02 Å². The lowest BCUT2D eigenvalue weighted by atomic mass is 10.2. The second kappa shape index (κ2) is 4.80. The van der Waals surface area contributed by atoms with Gasteiger partial charge in [-0.3, -0.25) is 0 Å². The van der Waals surface area contributed by atoms with Crippen LogP contribution in [0.15, 0.2) is 6.07 Å². The third-order valence-electron chi connectivity index (χ3n) is 1.58. The molecule has 0 aromatic carbocycles. The zero-order chi connectivity index (χ0) is 11.6. The second-order valence-corrected chi connectivity index (χ2v) is 3.47. The van der Waals surface area contributed by atoms with Gasteiger partial charge in [0.25, 0.3) is 0 Å². The van der Waals surface area contributed by atoms with Gasteiger partial charge < -0.3 is 10.1 Å². The van der Waals surface area contributed by atoms with Crippen molar-refractivity contribution in [1.82, 2.24) is 4.98 Å². The molecule has 0 amide bonds. The summed E-state index contributed by atoms with van der Waals surface area (Å²) in [5.41, 5.74) is -0.547. The molecule has 0 aliphatic rings. The van der Waals surface area contributed by atoms with E-state index in [1.165, 1.54) is 0 Å². The van der Waals surface area contributed by atoms with Gasteiger partial charge in [-0.2, -0.15) is 0 Å². The maximum atomic E-state index is 12.4. The molecule has 0 fully saturated rings. The minimum absolute atomic E-state index is 0.148. The first-order valence-corrected chi connectivity index (χ1v) is 5.15. The molecule has 15 heavy (non-hydrogen) atoms. The van der Waals surface area contributed by atoms with E-state index >= 15 is 0 Å². The first-order chi connectivity index (χ1) is 6.97. The number of alkyl halides is 3. The molecule has 8 heteroatoms. The molecule has 0 bridgehead atoms. The lowest BCUT2D eigenvalue weighted by Gasteiger charge is -2.03. The Kier molecular flexibility index (Phi) is 3.92. The van der Waals surface area contributed by atoms with E-state index in [4.69, 9.17) is 11.6 Å². The zero-order valence-electron chi connectivity index (χ0n) is 7.08. The summed E-state index contributed by atoms with van der Waals surface area (Å²) in [6.45, 7) is 0. The van der Waals surface area contributed by atoms with E-state index in [-0.39, 0.29) is 15.9 Å². The molecule has 0 N–H and O–H groups in total. The average molecular weight is 301 g/mol. The summed E-state index contributed by atoms with van der Waals surface area (Å²) < 4.78 is 24.8. The topological polar surface area (TPSA) is 56.0 Å². The second-order valence-electron chi connectivity index (χ2n) is 2.53. The van der Waals surface area contributed by atoms with Gasteiger partial charge in [-0.15, -0.1) is 0 Å². The minimum Gasteiger partial charge on any atom is -0.358 e. The van der Waals surface area contributed by atoms with E-state index in [0.717, 1.165) is 6.07 Å². The number of hydrogen-bond acceptors (Lipinski definition) is 3. The van der Waals surface area contributed by atoms with E-state index < -0.39 is 22.9 Å². The Morgan fingerprint density at radius 1 is 1.67 bits per heavy atom. The van der Waals surface area contributed by atoms with Crippen LogP contribution < -0.4 is 0 Å². The highest BCUT2D eigenvalue weighted by Gasteiger charge is 2.25. The van der Waals surface area contributed by atoms with Gasteiger partial charge in [0, 0.05) is 11.4 Å². The fraction of sp³-hybridized carbons (Fsp3) is 0.286. The highest BCUT2D eigenvalue weighted by Crippen LogP contribution is 2.31. The van der Waals surface area contributed by atoms with Crippen LogP contribution in [0.25, 0.3) is 0 Å². The number of rotatable bonds is 3. The van der Waals surface area contributed by atoms with Crippen LogP contribution in [0.5, 0.6) is 0 Å². The lowest BCUT2D eigenvalue weighted by molar-refractivity contribution is -0.389. The molecule has 0 aliphatic carbocycles. The molecule has 0 saturated carbocycles. The standard InChI is InChI=1S/C7H4BrClF2N2O2/c8-2-3-1-4(13(14)15)12-6(5(3)9)7(10)11/h1,7H,2H2. The number of hydrogen-bond donors (Lipinski definition) is 0. The summed E-state index contributed by atoms with van der Waals surface area (Å²) >= 11 is 8.58. The van der Waals surface area contributed by atoms with E-state index in [0.29, 0.717) is 0 Å². The molecule has 0 spiro atoms. The summed E-state index contributed by atoms with van der Waals surface area (Å²) in [6.07, 6.45) is -2.94. The van der Waals surface area contributed by atoms with Crippen molar-refractivity contribution in [2.24, 2.45) is 0 Å². The Balaban J connectivity index is 3.38. The summed E-state index contributed by atoms with van der Waals surface area (Å²) in [6, 6.07) is 1.06. The SMILES string of the molecule is O=[N+]([O-])c1cc(CBr)c(Cl)c(C(F)F)n1. The van der Waals surface area contributed by atoms with Gasteiger partial charge in [0.05, 0.1) is 5.02 Å². The van der Waals surface area contributed by atoms with E-state index in [2.05, 4.69) is 20.9 Å². The summed E-state index contributed by atoms with van der Waals surface area (Å²) in [7, 11) is 0. The molecular formula is C7H4BrClF2N2O2. The first-order valence-electron chi connectivity index (χ1n) is 3.65. The van der Waals surface area contributed by atoms with E-state index in [1.54, 1.807) is 0 Å². The molecule has 1 aromatic heterocycles. The van der Waals surface area contributed by atoms with E-state index in [1.807, 2.05) is 0 Å². The molecule has 1 rings (SSSR count). The molecule has 0 atom stereocenters. The number of pyridine rings is 1. The minimum atomic E-state index is -2.94. The van der Waals surface area contributed by atoms with Gasteiger partial charge in [0.15, 0.2) is 0 Å². The molecule has 1 heterocycles. The molecule has 1 aromatic rings. The monoisotopic (exact) mass is 300 g/mol. The quantitative estimate of drug-likeness (QED) is 0.488. The predicted octanol–water partition coefficient (Wildman–Crippen LogP) is 3.48. The highest BCUT2D eigenvalue weighted by molar-refractivity contribution is 9.08. The Bertz CT molecular complexity index is 403. The van der Waals surface area contributed by atoms with Gasteiger partial charge in [0.2, 0.25) is 5.69 Å². The predicted molar refractivity (Wildman–Crippen MR) is 53.5 cm³/mol. The molecule has 0 saturated heterocycles. The summed E-state index contributed by atoms with van der Waals surface area (Å²) in [5.74, 6) is -0.635. The van der Waals surface area contributed by atoms with Crippen molar-refractivity contribution in [3.05, 3.63) is 32.5 Å². The van der Waals surface area contributed by atoms with Crippen LogP contribution in [-0.2, 0) is 5.33 Å². The van der Waals surface area contributed by atoms with Crippen LogP contribution in [0, 0.1) is 10.1 Å². The van der Waals surface area contributed by atoms with Crippen molar-refractivity contribution in [1.29, 1.82) is 0 Å². The van der Waals surface area contributed by atoms with Gasteiger partial charge in [0.1, 0.15) is 0 Å². The molecular weight excluding hydrogens is 297 g/mol. The number of nitrogens with zero attached hydrogens (tertiary/aromatic N) is 2. The molecule has 0 aliphatic heterocycles. The van der Waals surface area contributed by atoms with Crippen molar-refractivity contribution >= 4 is 33.3 Å². The van der Waals surface area contributed by atoms with Crippen molar-refractivity contribution in [3.8, 4) is 0 Å². The number of halogens is 4. The normalized spacial score (nSPS) is 10.7. The summed E-state index contributed by atoms with van der Waals surface area (Å²) in [4.78, 5) is 12.7. The van der Waals surface area contributed by atoms with Crippen LogP contribution in [0.4, 0.5) is 14.6 Å². The largest absolute Gasteiger partial charge is 0.364 e. The van der Waals surface area contributed by atoms with Gasteiger partial charge in [-0.1, -0.05) is 27.5 Å². The zero-order valence-corrected chi connectivity index (χ0v) is 9.43. The van der Waals surface area contributed by atoms with Gasteiger partial charge in [-0.05, 0) is 15.5 Å². The Morgan fingerprint density at radius 3 is 2.67 bits per heavy atom. The maximum Gasteiger partial charge on any atom is 0.364 e. The fourth-order valence-corrected chi connectivity index (χ4v) is 1.77. The van der Waals surface area contributed by atoms with Crippen LogP contribution >= 0.6 is 27.5 Å². The Hall–Kier alpha value is -0.820. The van der Waals surface area contributed by atoms with E-state index in [9.17, 15) is 18.9 Å². The molecule has 82 valence electrons. The Morgan fingerprint density at radius 2 is 2.27 bits per heavy atom. The van der Waals surface area contributed by atoms with Gasteiger partial charge >= 0.3 is 12.2 Å². The molecule has 0 radical (unpaired) electrons. The Labute approximate surface area is 96.5 Å².